The van der Waals surface area contributed by atoms with E-state index in [0.29, 0.717) is 0 Å². The Hall–Kier alpha value is -1.56. The van der Waals surface area contributed by atoms with Gasteiger partial charge in [0.15, 0.2) is 0 Å². The standard InChI is InChI=1S/C14H18F3NO2/c1-9(2)8-11(12(18)14(15,16)17)13(19)20-10-6-4-3-5-7-10/h3-7,9,11-12H,8,18H2,1-2H3/t11-,12-/m1/s1. The maximum Gasteiger partial charge on any atom is 0.404 e. The van der Waals surface area contributed by atoms with Crippen LogP contribution in [0.4, 0.5) is 13.2 Å². The van der Waals surface area contributed by atoms with Crippen molar-refractivity contribution in [3.8, 4) is 5.75 Å². The number of carbonyl (C=O) groups excluding carboxylic acids is 1. The van der Waals surface area contributed by atoms with Gasteiger partial charge in [-0.05, 0) is 24.5 Å². The summed E-state index contributed by atoms with van der Waals surface area (Å²) in [7, 11) is 0. The smallest absolute Gasteiger partial charge is 0.404 e. The molecule has 0 saturated heterocycles. The molecule has 112 valence electrons. The molecule has 2 N–H and O–H groups in total. The zero-order valence-electron chi connectivity index (χ0n) is 11.4. The molecule has 0 aliphatic rings. The molecule has 0 amide bonds. The van der Waals surface area contributed by atoms with E-state index in [1.54, 1.807) is 32.0 Å². The Labute approximate surface area is 115 Å². The molecule has 6 heteroatoms. The second-order valence-corrected chi connectivity index (χ2v) is 5.04. The van der Waals surface area contributed by atoms with Crippen molar-refractivity contribution >= 4 is 5.97 Å². The average molecular weight is 289 g/mol. The molecule has 2 atom stereocenters. The van der Waals surface area contributed by atoms with Crippen LogP contribution in [0.25, 0.3) is 0 Å². The van der Waals surface area contributed by atoms with E-state index in [4.69, 9.17) is 10.5 Å². The Bertz CT molecular complexity index is 432. The van der Waals surface area contributed by atoms with Gasteiger partial charge in [0.2, 0.25) is 0 Å². The van der Waals surface area contributed by atoms with Gasteiger partial charge in [-0.25, -0.2) is 0 Å². The molecule has 20 heavy (non-hydrogen) atoms. The third kappa shape index (κ3) is 4.85. The Morgan fingerprint density at radius 2 is 1.80 bits per heavy atom. The number of esters is 1. The largest absolute Gasteiger partial charge is 0.426 e. The van der Waals surface area contributed by atoms with Crippen LogP contribution in [0, 0.1) is 11.8 Å². The topological polar surface area (TPSA) is 52.3 Å². The minimum absolute atomic E-state index is 0.0202. The van der Waals surface area contributed by atoms with Crippen molar-refractivity contribution in [2.24, 2.45) is 17.6 Å². The number of carbonyl (C=O) groups is 1. The molecular formula is C14H18F3NO2. The van der Waals surface area contributed by atoms with Crippen LogP contribution in [-0.2, 0) is 4.79 Å². The average Bonchev–Trinajstić information content (AvgIpc) is 2.35. The van der Waals surface area contributed by atoms with E-state index in [1.165, 1.54) is 12.1 Å². The van der Waals surface area contributed by atoms with Crippen LogP contribution < -0.4 is 10.5 Å². The van der Waals surface area contributed by atoms with Crippen LogP contribution in [0.15, 0.2) is 30.3 Å². The molecular weight excluding hydrogens is 271 g/mol. The Morgan fingerprint density at radius 1 is 1.25 bits per heavy atom. The third-order valence-electron chi connectivity index (χ3n) is 2.80. The van der Waals surface area contributed by atoms with Gasteiger partial charge < -0.3 is 10.5 Å². The molecule has 1 aromatic rings. The number of para-hydroxylation sites is 1. The first kappa shape index (κ1) is 16.5. The zero-order valence-corrected chi connectivity index (χ0v) is 11.4. The van der Waals surface area contributed by atoms with Gasteiger partial charge in [0.25, 0.3) is 0 Å². The van der Waals surface area contributed by atoms with E-state index in [1.807, 2.05) is 0 Å². The number of alkyl halides is 3. The normalized spacial score (nSPS) is 14.9. The quantitative estimate of drug-likeness (QED) is 0.669. The first-order chi connectivity index (χ1) is 9.21. The summed E-state index contributed by atoms with van der Waals surface area (Å²) in [6, 6.07) is 5.76. The van der Waals surface area contributed by atoms with Crippen LogP contribution in [-0.4, -0.2) is 18.2 Å². The predicted molar refractivity (Wildman–Crippen MR) is 69.1 cm³/mol. The number of rotatable bonds is 5. The van der Waals surface area contributed by atoms with Crippen molar-refractivity contribution in [2.75, 3.05) is 0 Å². The van der Waals surface area contributed by atoms with Gasteiger partial charge in [-0.3, -0.25) is 4.79 Å². The van der Waals surface area contributed by atoms with Gasteiger partial charge in [-0.15, -0.1) is 0 Å². The van der Waals surface area contributed by atoms with Gasteiger partial charge >= 0.3 is 12.1 Å². The highest BCUT2D eigenvalue weighted by Gasteiger charge is 2.45. The lowest BCUT2D eigenvalue weighted by molar-refractivity contribution is -0.172. The summed E-state index contributed by atoms with van der Waals surface area (Å²) in [5, 5.41) is 0. The Balaban J connectivity index is 2.85. The molecule has 0 radical (unpaired) electrons. The van der Waals surface area contributed by atoms with Crippen LogP contribution in [0.3, 0.4) is 0 Å². The summed E-state index contributed by atoms with van der Waals surface area (Å²) in [6.07, 6.45) is -4.61. The number of ether oxygens (including phenoxy) is 1. The highest BCUT2D eigenvalue weighted by molar-refractivity contribution is 5.76. The predicted octanol–water partition coefficient (Wildman–Crippen LogP) is 3.14. The van der Waals surface area contributed by atoms with Crippen LogP contribution >= 0.6 is 0 Å². The second kappa shape index (κ2) is 6.74. The van der Waals surface area contributed by atoms with Crippen molar-refractivity contribution in [3.63, 3.8) is 0 Å². The molecule has 0 aliphatic carbocycles. The molecule has 0 spiro atoms. The van der Waals surface area contributed by atoms with E-state index >= 15 is 0 Å². The lowest BCUT2D eigenvalue weighted by atomic mass is 9.90. The summed E-state index contributed by atoms with van der Waals surface area (Å²) < 4.78 is 43.1. The minimum Gasteiger partial charge on any atom is -0.426 e. The Kier molecular flexibility index (Phi) is 5.56. The number of hydrogen-bond acceptors (Lipinski definition) is 3. The van der Waals surface area contributed by atoms with E-state index in [2.05, 4.69) is 0 Å². The Morgan fingerprint density at radius 3 is 2.25 bits per heavy atom. The van der Waals surface area contributed by atoms with E-state index in [0.717, 1.165) is 0 Å². The van der Waals surface area contributed by atoms with Crippen molar-refractivity contribution in [1.82, 2.24) is 0 Å². The first-order valence-corrected chi connectivity index (χ1v) is 6.31. The lowest BCUT2D eigenvalue weighted by Crippen LogP contribution is -2.48. The van der Waals surface area contributed by atoms with Crippen LogP contribution in [0.1, 0.15) is 20.3 Å². The highest BCUT2D eigenvalue weighted by Crippen LogP contribution is 2.29. The zero-order chi connectivity index (χ0) is 15.3. The van der Waals surface area contributed by atoms with Crippen LogP contribution in [0.2, 0.25) is 0 Å². The number of halogens is 3. The number of nitrogens with two attached hydrogens (primary N) is 1. The monoisotopic (exact) mass is 289 g/mol. The second-order valence-electron chi connectivity index (χ2n) is 5.04. The number of benzene rings is 1. The SMILES string of the molecule is CC(C)C[C@@H](C(=O)Oc1ccccc1)[C@@H](N)C(F)(F)F. The molecule has 0 aliphatic heterocycles. The van der Waals surface area contributed by atoms with E-state index in [9.17, 15) is 18.0 Å². The third-order valence-corrected chi connectivity index (χ3v) is 2.80. The highest BCUT2D eigenvalue weighted by atomic mass is 19.4. The summed E-state index contributed by atoms with van der Waals surface area (Å²) in [6.45, 7) is 3.46. The fraction of sp³-hybridized carbons (Fsp3) is 0.500. The molecule has 0 unspecified atom stereocenters. The molecule has 0 heterocycles. The van der Waals surface area contributed by atoms with Gasteiger partial charge in [0.05, 0.1) is 5.92 Å². The fourth-order valence-electron chi connectivity index (χ4n) is 1.81. The molecule has 0 aromatic heterocycles. The molecule has 1 rings (SSSR count). The lowest BCUT2D eigenvalue weighted by Gasteiger charge is -2.25. The fourth-order valence-corrected chi connectivity index (χ4v) is 1.81. The van der Waals surface area contributed by atoms with Gasteiger partial charge in [-0.1, -0.05) is 32.0 Å². The van der Waals surface area contributed by atoms with Gasteiger partial charge in [0.1, 0.15) is 11.8 Å². The summed E-state index contributed by atoms with van der Waals surface area (Å²) >= 11 is 0. The first-order valence-electron chi connectivity index (χ1n) is 6.31. The van der Waals surface area contributed by atoms with Crippen molar-refractivity contribution < 1.29 is 22.7 Å². The minimum atomic E-state index is -4.63. The van der Waals surface area contributed by atoms with Gasteiger partial charge in [0, 0.05) is 0 Å². The van der Waals surface area contributed by atoms with Crippen molar-refractivity contribution in [2.45, 2.75) is 32.5 Å². The van der Waals surface area contributed by atoms with Crippen molar-refractivity contribution in [3.05, 3.63) is 30.3 Å². The molecule has 0 saturated carbocycles. The molecule has 0 bridgehead atoms. The molecule has 1 aromatic carbocycles. The maximum atomic E-state index is 12.7. The van der Waals surface area contributed by atoms with E-state index in [-0.39, 0.29) is 18.1 Å². The van der Waals surface area contributed by atoms with E-state index < -0.39 is 24.1 Å². The summed E-state index contributed by atoms with van der Waals surface area (Å²) in [4.78, 5) is 11.9. The number of hydrogen-bond donors (Lipinski definition) is 1. The summed E-state index contributed by atoms with van der Waals surface area (Å²) in [5.41, 5.74) is 5.17. The van der Waals surface area contributed by atoms with Crippen LogP contribution in [0.5, 0.6) is 5.75 Å². The molecule has 3 nitrogen and oxygen atoms in total. The summed E-state index contributed by atoms with van der Waals surface area (Å²) in [5.74, 6) is -2.25. The maximum absolute atomic E-state index is 12.7. The van der Waals surface area contributed by atoms with Crippen molar-refractivity contribution in [1.29, 1.82) is 0 Å². The van der Waals surface area contributed by atoms with Gasteiger partial charge in [-0.2, -0.15) is 13.2 Å². The molecule has 0 fully saturated rings.